The number of thioether (sulfide) groups is 1. The van der Waals surface area contributed by atoms with Crippen LogP contribution in [0.15, 0.2) is 61.6 Å². The number of anilines is 1. The highest BCUT2D eigenvalue weighted by molar-refractivity contribution is 9.11. The highest BCUT2D eigenvalue weighted by atomic mass is 79.9. The van der Waals surface area contributed by atoms with Crippen molar-refractivity contribution in [2.75, 3.05) is 5.73 Å². The van der Waals surface area contributed by atoms with E-state index in [0.717, 1.165) is 20.3 Å². The van der Waals surface area contributed by atoms with E-state index in [2.05, 4.69) is 42.1 Å². The lowest BCUT2D eigenvalue weighted by Crippen LogP contribution is -2.06. The molecule has 0 spiro atoms. The molecule has 22 heavy (non-hydrogen) atoms. The van der Waals surface area contributed by atoms with Crippen molar-refractivity contribution in [3.63, 3.8) is 0 Å². The first-order valence-corrected chi connectivity index (χ1v) is 8.91. The van der Waals surface area contributed by atoms with Crippen molar-refractivity contribution in [1.82, 2.24) is 0 Å². The maximum absolute atomic E-state index is 5.96. The van der Waals surface area contributed by atoms with E-state index in [1.807, 2.05) is 42.5 Å². The fourth-order valence-corrected chi connectivity index (χ4v) is 3.49. The van der Waals surface area contributed by atoms with Crippen LogP contribution < -0.4 is 11.5 Å². The molecule has 0 saturated carbocycles. The van der Waals surface area contributed by atoms with Gasteiger partial charge in [0.1, 0.15) is 0 Å². The van der Waals surface area contributed by atoms with E-state index in [1.165, 1.54) is 17.3 Å². The van der Waals surface area contributed by atoms with Crippen molar-refractivity contribution in [1.29, 1.82) is 0 Å². The lowest BCUT2D eigenvalue weighted by molar-refractivity contribution is 1.25. The van der Waals surface area contributed by atoms with Gasteiger partial charge in [0.25, 0.3) is 0 Å². The first-order chi connectivity index (χ1) is 10.6. The second-order valence-corrected chi connectivity index (χ2v) is 7.11. The molecule has 0 aliphatic carbocycles. The number of amidine groups is 1. The molecule has 7 heteroatoms. The number of nitrogen functional groups attached to an aromatic ring is 1. The molecule has 0 fully saturated rings. The van der Waals surface area contributed by atoms with Crippen molar-refractivity contribution >= 4 is 60.7 Å². The number of hydrogen-bond donors (Lipinski definition) is 2. The summed E-state index contributed by atoms with van der Waals surface area (Å²) in [5, 5.41) is 8.38. The van der Waals surface area contributed by atoms with Crippen molar-refractivity contribution < 1.29 is 0 Å². The Kier molecular flexibility index (Phi) is 6.48. The van der Waals surface area contributed by atoms with Gasteiger partial charge < -0.3 is 11.5 Å². The van der Waals surface area contributed by atoms with E-state index in [0.29, 0.717) is 10.9 Å². The van der Waals surface area contributed by atoms with Gasteiger partial charge in [0, 0.05) is 20.3 Å². The largest absolute Gasteiger partial charge is 0.397 e. The molecule has 0 amide bonds. The monoisotopic (exact) mass is 440 g/mol. The van der Waals surface area contributed by atoms with Gasteiger partial charge in [-0.1, -0.05) is 58.0 Å². The zero-order valence-electron chi connectivity index (χ0n) is 11.5. The average Bonchev–Trinajstić information content (AvgIpc) is 2.51. The molecule has 0 heterocycles. The number of rotatable bonds is 4. The molecule has 0 unspecified atom stereocenters. The van der Waals surface area contributed by atoms with Crippen molar-refractivity contribution in [2.24, 2.45) is 15.9 Å². The van der Waals surface area contributed by atoms with Crippen LogP contribution >= 0.6 is 43.6 Å². The molecule has 4 nitrogen and oxygen atoms in total. The Morgan fingerprint density at radius 2 is 1.91 bits per heavy atom. The minimum atomic E-state index is 0.410. The fraction of sp³-hybridized carbons (Fsp3) is 0.0667. The molecule has 0 aromatic heterocycles. The first kappa shape index (κ1) is 17.1. The summed E-state index contributed by atoms with van der Waals surface area (Å²) in [5.74, 6) is 0.760. The summed E-state index contributed by atoms with van der Waals surface area (Å²) in [5.41, 5.74) is 14.4. The Bertz CT molecular complexity index is 702. The minimum absolute atomic E-state index is 0.410. The van der Waals surface area contributed by atoms with Gasteiger partial charge in [-0.25, -0.2) is 0 Å². The van der Waals surface area contributed by atoms with Crippen LogP contribution in [-0.2, 0) is 5.75 Å². The highest BCUT2D eigenvalue weighted by Gasteiger charge is 2.03. The molecule has 0 bridgehead atoms. The Labute approximate surface area is 150 Å². The number of nitrogens with zero attached hydrogens (tertiary/aromatic N) is 2. The Hall–Kier alpha value is -1.31. The Morgan fingerprint density at radius 3 is 2.64 bits per heavy atom. The summed E-state index contributed by atoms with van der Waals surface area (Å²) in [7, 11) is 0. The third kappa shape index (κ3) is 5.15. The summed E-state index contributed by atoms with van der Waals surface area (Å²) in [6, 6.07) is 13.8. The third-order valence-electron chi connectivity index (χ3n) is 2.71. The average molecular weight is 442 g/mol. The van der Waals surface area contributed by atoms with Crippen LogP contribution in [0.4, 0.5) is 5.69 Å². The zero-order chi connectivity index (χ0) is 15.9. The molecule has 0 aliphatic rings. The maximum Gasteiger partial charge on any atom is 0.180 e. The molecule has 0 radical (unpaired) electrons. The van der Waals surface area contributed by atoms with Gasteiger partial charge in [-0.05, 0) is 33.6 Å². The number of nitrogens with two attached hydrogens (primary N) is 2. The molecular formula is C15H14Br2N4S. The number of hydrogen-bond acceptors (Lipinski definition) is 4. The van der Waals surface area contributed by atoms with Gasteiger partial charge in [0.2, 0.25) is 0 Å². The summed E-state index contributed by atoms with van der Waals surface area (Å²) in [6.07, 6.45) is 1.58. The lowest BCUT2D eigenvalue weighted by Gasteiger charge is -2.03. The summed E-state index contributed by atoms with van der Waals surface area (Å²) in [6.45, 7) is 0. The van der Waals surface area contributed by atoms with Crippen LogP contribution in [0.25, 0.3) is 0 Å². The minimum Gasteiger partial charge on any atom is -0.397 e. The van der Waals surface area contributed by atoms with Crippen LogP contribution in [0.3, 0.4) is 0 Å². The van der Waals surface area contributed by atoms with Crippen LogP contribution in [0.2, 0.25) is 0 Å². The quantitative estimate of drug-likeness (QED) is 0.320. The van der Waals surface area contributed by atoms with Gasteiger partial charge in [-0.2, -0.15) is 5.10 Å². The van der Waals surface area contributed by atoms with Gasteiger partial charge in [0.05, 0.1) is 11.9 Å². The van der Waals surface area contributed by atoms with E-state index >= 15 is 0 Å². The van der Waals surface area contributed by atoms with Gasteiger partial charge in [-0.3, -0.25) is 0 Å². The second kappa shape index (κ2) is 8.36. The van der Waals surface area contributed by atoms with E-state index in [9.17, 15) is 0 Å². The molecule has 4 N–H and O–H groups in total. The molecule has 2 aromatic carbocycles. The van der Waals surface area contributed by atoms with Crippen LogP contribution in [0, 0.1) is 0 Å². The summed E-state index contributed by atoms with van der Waals surface area (Å²) < 4.78 is 1.71. The van der Waals surface area contributed by atoms with E-state index in [4.69, 9.17) is 11.5 Å². The molecular weight excluding hydrogens is 428 g/mol. The van der Waals surface area contributed by atoms with Gasteiger partial charge in [-0.15, -0.1) is 5.10 Å². The lowest BCUT2D eigenvalue weighted by atomic mass is 10.2. The molecule has 0 atom stereocenters. The highest BCUT2D eigenvalue weighted by Crippen LogP contribution is 2.27. The maximum atomic E-state index is 5.96. The van der Waals surface area contributed by atoms with Gasteiger partial charge >= 0.3 is 0 Å². The third-order valence-corrected chi connectivity index (χ3v) is 4.68. The standard InChI is InChI=1S/C15H14Br2N4S/c16-12-6-11(14(18)13(17)7-12)8-20-21-15(19)22-9-10-4-2-1-3-5-10/h1-8H,9,18H2,(H2,19,21). The zero-order valence-corrected chi connectivity index (χ0v) is 15.5. The molecule has 2 aromatic rings. The summed E-state index contributed by atoms with van der Waals surface area (Å²) in [4.78, 5) is 0. The van der Waals surface area contributed by atoms with E-state index < -0.39 is 0 Å². The van der Waals surface area contributed by atoms with E-state index in [1.54, 1.807) is 6.21 Å². The molecule has 0 saturated heterocycles. The molecule has 114 valence electrons. The molecule has 2 rings (SSSR count). The second-order valence-electron chi connectivity index (χ2n) is 4.35. The van der Waals surface area contributed by atoms with Gasteiger partial charge in [0.15, 0.2) is 5.17 Å². The van der Waals surface area contributed by atoms with Crippen LogP contribution in [0.5, 0.6) is 0 Å². The van der Waals surface area contributed by atoms with Crippen molar-refractivity contribution in [3.8, 4) is 0 Å². The van der Waals surface area contributed by atoms with Crippen molar-refractivity contribution in [2.45, 2.75) is 5.75 Å². The van der Waals surface area contributed by atoms with Crippen LogP contribution in [0.1, 0.15) is 11.1 Å². The topological polar surface area (TPSA) is 76.8 Å². The first-order valence-electron chi connectivity index (χ1n) is 6.34. The predicted molar refractivity (Wildman–Crippen MR) is 103 cm³/mol. The van der Waals surface area contributed by atoms with Crippen LogP contribution in [-0.4, -0.2) is 11.4 Å². The predicted octanol–water partition coefficient (Wildman–Crippen LogP) is 4.38. The number of benzene rings is 2. The van der Waals surface area contributed by atoms with E-state index in [-0.39, 0.29) is 0 Å². The fourth-order valence-electron chi connectivity index (χ4n) is 1.62. The SMILES string of the molecule is NC(=NN=Cc1cc(Br)cc(Br)c1N)SCc1ccccc1. The Morgan fingerprint density at radius 1 is 1.18 bits per heavy atom. The normalized spacial score (nSPS) is 12.0. The number of halogens is 2. The summed E-state index contributed by atoms with van der Waals surface area (Å²) >= 11 is 8.23. The molecule has 0 aliphatic heterocycles. The smallest absolute Gasteiger partial charge is 0.180 e. The Balaban J connectivity index is 1.98. The van der Waals surface area contributed by atoms with Crippen molar-refractivity contribution in [3.05, 3.63) is 62.5 Å².